The largest absolute Gasteiger partial charge is 0.354 e. The second-order valence-electron chi connectivity index (χ2n) is 6.88. The highest BCUT2D eigenvalue weighted by Gasteiger charge is 2.28. The van der Waals surface area contributed by atoms with E-state index < -0.39 is 0 Å². The van der Waals surface area contributed by atoms with E-state index in [-0.39, 0.29) is 11.8 Å². The van der Waals surface area contributed by atoms with Crippen LogP contribution >= 0.6 is 0 Å². The van der Waals surface area contributed by atoms with Crippen LogP contribution in [0, 0.1) is 24.7 Å². The van der Waals surface area contributed by atoms with Gasteiger partial charge in [0, 0.05) is 42.7 Å². The highest BCUT2D eigenvalue weighted by molar-refractivity contribution is 5.93. The Kier molecular flexibility index (Phi) is 5.52. The minimum atomic E-state index is -0.256. The summed E-state index contributed by atoms with van der Waals surface area (Å²) in [5.41, 5.74) is 2.99. The molecule has 0 aromatic carbocycles. The van der Waals surface area contributed by atoms with Gasteiger partial charge in [-0.15, -0.1) is 5.10 Å². The van der Waals surface area contributed by atoms with Gasteiger partial charge in [0.25, 0.3) is 5.91 Å². The number of aryl methyl sites for hydroxylation is 1. The summed E-state index contributed by atoms with van der Waals surface area (Å²) in [5, 5.41) is 18.5. The number of carbonyl (C=O) groups excluding carboxylic acids is 1. The molecule has 2 aromatic heterocycles. The lowest BCUT2D eigenvalue weighted by molar-refractivity contribution is -0.115. The molecule has 2 aromatic rings. The maximum Gasteiger partial charge on any atom is 0.296 e. The number of aromatic nitrogens is 4. The Labute approximate surface area is 153 Å². The molecular formula is C19H24N6O. The highest BCUT2D eigenvalue weighted by Crippen LogP contribution is 2.30. The zero-order chi connectivity index (χ0) is 18.5. The Bertz CT molecular complexity index is 815. The van der Waals surface area contributed by atoms with Crippen LogP contribution in [-0.2, 0) is 11.3 Å². The van der Waals surface area contributed by atoms with Crippen LogP contribution < -0.4 is 10.2 Å². The third-order valence-corrected chi connectivity index (χ3v) is 4.37. The van der Waals surface area contributed by atoms with Gasteiger partial charge in [0.1, 0.15) is 0 Å². The Hall–Kier alpha value is -2.88. The molecule has 7 heteroatoms. The molecule has 3 rings (SSSR count). The first kappa shape index (κ1) is 17.9. The molecule has 0 spiro atoms. The van der Waals surface area contributed by atoms with Crippen LogP contribution in [0.4, 0.5) is 5.82 Å². The third-order valence-electron chi connectivity index (χ3n) is 4.37. The molecule has 1 aliphatic rings. The average molecular weight is 352 g/mol. The van der Waals surface area contributed by atoms with Crippen molar-refractivity contribution in [2.75, 3.05) is 18.0 Å². The lowest BCUT2D eigenvalue weighted by atomic mass is 10.0. The fourth-order valence-electron chi connectivity index (χ4n) is 3.01. The molecule has 26 heavy (non-hydrogen) atoms. The molecule has 1 fully saturated rings. The van der Waals surface area contributed by atoms with Gasteiger partial charge in [0.15, 0.2) is 5.82 Å². The summed E-state index contributed by atoms with van der Waals surface area (Å²) >= 11 is 0. The fraction of sp³-hybridized carbons (Fsp3) is 0.474. The summed E-state index contributed by atoms with van der Waals surface area (Å²) in [6.07, 6.45) is 2.78. The van der Waals surface area contributed by atoms with Crippen LogP contribution in [0.1, 0.15) is 43.1 Å². The van der Waals surface area contributed by atoms with E-state index in [1.54, 1.807) is 6.20 Å². The molecule has 2 N–H and O–H groups in total. The standard InChI is InChI=1S/C19H24N6O/c1-13(2)4-7-18(26)20-10-16-11-21-24-19(16)15-8-9-25(12-15)17-6-5-14(3)22-23-17/h5-6,11,13,15H,8-10,12H2,1-3H3,(H,20,26)(H,21,24). The maximum absolute atomic E-state index is 11.8. The van der Waals surface area contributed by atoms with Crippen molar-refractivity contribution < 1.29 is 4.79 Å². The zero-order valence-electron chi connectivity index (χ0n) is 15.4. The van der Waals surface area contributed by atoms with Crippen molar-refractivity contribution >= 4 is 11.7 Å². The quantitative estimate of drug-likeness (QED) is 0.819. The molecule has 1 aliphatic heterocycles. The molecule has 3 heterocycles. The molecular weight excluding hydrogens is 328 g/mol. The smallest absolute Gasteiger partial charge is 0.296 e. The van der Waals surface area contributed by atoms with Crippen molar-refractivity contribution in [2.45, 2.75) is 39.7 Å². The highest BCUT2D eigenvalue weighted by atomic mass is 16.1. The number of H-pyrrole nitrogens is 1. The summed E-state index contributed by atoms with van der Waals surface area (Å²) in [6, 6.07) is 3.98. The molecule has 7 nitrogen and oxygen atoms in total. The number of aromatic amines is 1. The van der Waals surface area contributed by atoms with Gasteiger partial charge in [0.05, 0.1) is 11.9 Å². The van der Waals surface area contributed by atoms with Gasteiger partial charge < -0.3 is 10.2 Å². The van der Waals surface area contributed by atoms with Gasteiger partial charge >= 0.3 is 0 Å². The van der Waals surface area contributed by atoms with Crippen LogP contribution in [-0.4, -0.2) is 39.4 Å². The lowest BCUT2D eigenvalue weighted by Gasteiger charge is -2.17. The van der Waals surface area contributed by atoms with E-state index in [0.29, 0.717) is 12.5 Å². The van der Waals surface area contributed by atoms with Crippen molar-refractivity contribution in [1.82, 2.24) is 25.7 Å². The predicted molar refractivity (Wildman–Crippen MR) is 99.4 cm³/mol. The number of hydrogen-bond acceptors (Lipinski definition) is 5. The number of carbonyl (C=O) groups is 1. The number of nitrogens with zero attached hydrogens (tertiary/aromatic N) is 4. The molecule has 1 unspecified atom stereocenters. The summed E-state index contributed by atoms with van der Waals surface area (Å²) in [7, 11) is 0. The molecule has 136 valence electrons. The topological polar surface area (TPSA) is 86.8 Å². The van der Waals surface area contributed by atoms with E-state index in [9.17, 15) is 4.79 Å². The van der Waals surface area contributed by atoms with Crippen molar-refractivity contribution in [2.24, 2.45) is 5.92 Å². The molecule has 1 amide bonds. The third kappa shape index (κ3) is 4.39. The van der Waals surface area contributed by atoms with Crippen LogP contribution in [0.25, 0.3) is 0 Å². The normalized spacial score (nSPS) is 16.5. The minimum Gasteiger partial charge on any atom is -0.354 e. The molecule has 0 aliphatic carbocycles. The first-order chi connectivity index (χ1) is 12.5. The SMILES string of the molecule is Cc1ccc(N2CCC(c3[nH]ncc3CNC(=O)C#CC(C)C)C2)nn1. The summed E-state index contributed by atoms with van der Waals surface area (Å²) < 4.78 is 0. The Morgan fingerprint density at radius 1 is 1.42 bits per heavy atom. The lowest BCUT2D eigenvalue weighted by Crippen LogP contribution is -2.23. The van der Waals surface area contributed by atoms with E-state index in [0.717, 1.165) is 42.3 Å². The summed E-state index contributed by atoms with van der Waals surface area (Å²) in [6.45, 7) is 8.05. The van der Waals surface area contributed by atoms with E-state index >= 15 is 0 Å². The van der Waals surface area contributed by atoms with Gasteiger partial charge in [-0.05, 0) is 31.4 Å². The van der Waals surface area contributed by atoms with Crippen molar-refractivity contribution in [3.05, 3.63) is 35.3 Å². The van der Waals surface area contributed by atoms with Gasteiger partial charge in [-0.25, -0.2) is 0 Å². The summed E-state index contributed by atoms with van der Waals surface area (Å²) in [5.74, 6) is 6.63. The maximum atomic E-state index is 11.8. The van der Waals surface area contributed by atoms with Crippen molar-refractivity contribution in [1.29, 1.82) is 0 Å². The van der Waals surface area contributed by atoms with E-state index in [4.69, 9.17) is 0 Å². The number of nitrogens with one attached hydrogen (secondary N) is 2. The molecule has 1 saturated heterocycles. The van der Waals surface area contributed by atoms with Crippen LogP contribution in [0.15, 0.2) is 18.3 Å². The number of amides is 1. The second-order valence-corrected chi connectivity index (χ2v) is 6.88. The average Bonchev–Trinajstić information content (AvgIpc) is 3.27. The molecule has 0 bridgehead atoms. The molecule has 0 saturated carbocycles. The monoisotopic (exact) mass is 352 g/mol. The van der Waals surface area contributed by atoms with E-state index in [2.05, 4.69) is 42.5 Å². The number of anilines is 1. The number of rotatable bonds is 4. The van der Waals surface area contributed by atoms with E-state index in [1.165, 1.54) is 0 Å². The molecule has 1 atom stereocenters. The van der Waals surface area contributed by atoms with Crippen molar-refractivity contribution in [3.63, 3.8) is 0 Å². The van der Waals surface area contributed by atoms with Gasteiger partial charge in [-0.1, -0.05) is 19.8 Å². The van der Waals surface area contributed by atoms with E-state index in [1.807, 2.05) is 32.9 Å². The Morgan fingerprint density at radius 2 is 2.27 bits per heavy atom. The predicted octanol–water partition coefficient (Wildman–Crippen LogP) is 1.78. The number of hydrogen-bond donors (Lipinski definition) is 2. The van der Waals surface area contributed by atoms with Crippen LogP contribution in [0.5, 0.6) is 0 Å². The van der Waals surface area contributed by atoms with Crippen LogP contribution in [0.2, 0.25) is 0 Å². The molecule has 0 radical (unpaired) electrons. The van der Waals surface area contributed by atoms with Gasteiger partial charge in [0.2, 0.25) is 0 Å². The van der Waals surface area contributed by atoms with Crippen molar-refractivity contribution in [3.8, 4) is 11.8 Å². The van der Waals surface area contributed by atoms with Gasteiger partial charge in [-0.3, -0.25) is 9.89 Å². The van der Waals surface area contributed by atoms with Gasteiger partial charge in [-0.2, -0.15) is 10.2 Å². The minimum absolute atomic E-state index is 0.180. The van der Waals surface area contributed by atoms with Crippen LogP contribution in [0.3, 0.4) is 0 Å². The second kappa shape index (κ2) is 8.00. The zero-order valence-corrected chi connectivity index (χ0v) is 15.4. The first-order valence-corrected chi connectivity index (χ1v) is 8.89. The fourth-order valence-corrected chi connectivity index (χ4v) is 3.01. The Balaban J connectivity index is 1.61. The Morgan fingerprint density at radius 3 is 3.00 bits per heavy atom. The summed E-state index contributed by atoms with van der Waals surface area (Å²) in [4.78, 5) is 14.0. The first-order valence-electron chi connectivity index (χ1n) is 8.89.